The minimum Gasteiger partial charge on any atom is -0.494 e. The molecule has 1 N–H and O–H groups in total. The second-order valence-electron chi connectivity index (χ2n) is 4.16. The summed E-state index contributed by atoms with van der Waals surface area (Å²) >= 11 is 0. The van der Waals surface area contributed by atoms with Gasteiger partial charge in [-0.1, -0.05) is 18.2 Å². The Kier molecular flexibility index (Phi) is 4.03. The van der Waals surface area contributed by atoms with Gasteiger partial charge in [-0.25, -0.2) is 0 Å². The summed E-state index contributed by atoms with van der Waals surface area (Å²) < 4.78 is 5.65. The smallest absolute Gasteiger partial charge is 0.119 e. The van der Waals surface area contributed by atoms with E-state index in [4.69, 9.17) is 4.74 Å². The Morgan fingerprint density at radius 1 is 1.27 bits per heavy atom. The Morgan fingerprint density at radius 3 is 2.87 bits per heavy atom. The number of para-hydroxylation sites is 1. The zero-order valence-electron chi connectivity index (χ0n) is 9.11. The summed E-state index contributed by atoms with van der Waals surface area (Å²) in [5.74, 6) is 1.87. The van der Waals surface area contributed by atoms with E-state index in [2.05, 4.69) is 5.32 Å². The first-order valence-corrected chi connectivity index (χ1v) is 5.84. The Bertz CT molecular complexity index is 267. The Morgan fingerprint density at radius 2 is 2.13 bits per heavy atom. The van der Waals surface area contributed by atoms with Crippen molar-refractivity contribution in [2.45, 2.75) is 19.3 Å². The first kappa shape index (κ1) is 10.5. The van der Waals surface area contributed by atoms with E-state index in [0.29, 0.717) is 0 Å². The first-order valence-electron chi connectivity index (χ1n) is 5.84. The van der Waals surface area contributed by atoms with Crippen molar-refractivity contribution in [3.05, 3.63) is 30.3 Å². The van der Waals surface area contributed by atoms with Crippen molar-refractivity contribution in [2.24, 2.45) is 5.92 Å². The average molecular weight is 205 g/mol. The topological polar surface area (TPSA) is 21.3 Å². The third-order valence-corrected chi connectivity index (χ3v) is 2.93. The molecule has 1 saturated heterocycles. The van der Waals surface area contributed by atoms with Gasteiger partial charge in [0.15, 0.2) is 0 Å². The maximum atomic E-state index is 5.65. The van der Waals surface area contributed by atoms with Gasteiger partial charge in [-0.15, -0.1) is 0 Å². The number of rotatable bonds is 5. The lowest BCUT2D eigenvalue weighted by Gasteiger charge is -2.09. The van der Waals surface area contributed by atoms with E-state index in [-0.39, 0.29) is 0 Å². The van der Waals surface area contributed by atoms with Crippen LogP contribution in [0.1, 0.15) is 19.3 Å². The van der Waals surface area contributed by atoms with Gasteiger partial charge in [0.2, 0.25) is 0 Å². The molecule has 1 fully saturated rings. The molecule has 2 nitrogen and oxygen atoms in total. The van der Waals surface area contributed by atoms with Gasteiger partial charge in [0, 0.05) is 0 Å². The van der Waals surface area contributed by atoms with Crippen molar-refractivity contribution in [1.29, 1.82) is 0 Å². The highest BCUT2D eigenvalue weighted by Gasteiger charge is 2.13. The minimum atomic E-state index is 0.848. The SMILES string of the molecule is c1ccc(OCCC[C@H]2CCNC2)cc1. The molecule has 1 heterocycles. The molecule has 0 radical (unpaired) electrons. The van der Waals surface area contributed by atoms with Crippen molar-refractivity contribution in [2.75, 3.05) is 19.7 Å². The standard InChI is InChI=1S/C13H19NO/c1-2-6-13(7-3-1)15-10-4-5-12-8-9-14-11-12/h1-3,6-7,12,14H,4-5,8-11H2/t12-/m0/s1. The largest absolute Gasteiger partial charge is 0.494 e. The van der Waals surface area contributed by atoms with Crippen LogP contribution in [0.3, 0.4) is 0 Å². The van der Waals surface area contributed by atoms with E-state index in [1.807, 2.05) is 30.3 Å². The van der Waals surface area contributed by atoms with Crippen LogP contribution in [-0.4, -0.2) is 19.7 Å². The molecule has 2 rings (SSSR count). The maximum Gasteiger partial charge on any atom is 0.119 e. The normalized spacial score (nSPS) is 20.4. The third-order valence-electron chi connectivity index (χ3n) is 2.93. The molecule has 0 amide bonds. The Hall–Kier alpha value is -1.02. The molecular formula is C13H19NO. The summed E-state index contributed by atoms with van der Waals surface area (Å²) in [6, 6.07) is 10.1. The molecule has 0 spiro atoms. The van der Waals surface area contributed by atoms with Gasteiger partial charge in [0.1, 0.15) is 5.75 Å². The monoisotopic (exact) mass is 205 g/mol. The fourth-order valence-corrected chi connectivity index (χ4v) is 2.04. The Balaban J connectivity index is 1.59. The van der Waals surface area contributed by atoms with E-state index in [9.17, 15) is 0 Å². The second kappa shape index (κ2) is 5.76. The fourth-order valence-electron chi connectivity index (χ4n) is 2.04. The van der Waals surface area contributed by atoms with E-state index >= 15 is 0 Å². The van der Waals surface area contributed by atoms with Gasteiger partial charge in [-0.3, -0.25) is 0 Å². The lowest BCUT2D eigenvalue weighted by atomic mass is 10.0. The van der Waals surface area contributed by atoms with Crippen LogP contribution in [0.25, 0.3) is 0 Å². The van der Waals surface area contributed by atoms with E-state index in [1.165, 1.54) is 32.4 Å². The van der Waals surface area contributed by atoms with Crippen molar-refractivity contribution in [3.8, 4) is 5.75 Å². The summed E-state index contributed by atoms with van der Waals surface area (Å²) in [5, 5.41) is 3.39. The molecule has 0 bridgehead atoms. The molecule has 2 heteroatoms. The lowest BCUT2D eigenvalue weighted by molar-refractivity contribution is 0.295. The number of benzene rings is 1. The summed E-state index contributed by atoms with van der Waals surface area (Å²) in [6.07, 6.45) is 3.80. The van der Waals surface area contributed by atoms with Gasteiger partial charge >= 0.3 is 0 Å². The predicted molar refractivity (Wildman–Crippen MR) is 62.1 cm³/mol. The Labute approximate surface area is 91.6 Å². The molecule has 15 heavy (non-hydrogen) atoms. The molecule has 82 valence electrons. The molecule has 1 aromatic rings. The molecule has 0 saturated carbocycles. The van der Waals surface area contributed by atoms with Crippen LogP contribution < -0.4 is 10.1 Å². The van der Waals surface area contributed by atoms with Crippen molar-refractivity contribution >= 4 is 0 Å². The molecule has 0 aliphatic carbocycles. The molecule has 1 aliphatic rings. The number of hydrogen-bond acceptors (Lipinski definition) is 2. The van der Waals surface area contributed by atoms with Crippen LogP contribution in [0, 0.1) is 5.92 Å². The number of nitrogens with one attached hydrogen (secondary N) is 1. The second-order valence-corrected chi connectivity index (χ2v) is 4.16. The summed E-state index contributed by atoms with van der Waals surface area (Å²) in [5.41, 5.74) is 0. The molecule has 1 atom stereocenters. The van der Waals surface area contributed by atoms with Gasteiger partial charge in [0.25, 0.3) is 0 Å². The highest BCUT2D eigenvalue weighted by molar-refractivity contribution is 5.20. The minimum absolute atomic E-state index is 0.848. The average Bonchev–Trinajstić information content (AvgIpc) is 2.79. The van der Waals surface area contributed by atoms with Crippen molar-refractivity contribution in [1.82, 2.24) is 5.32 Å². The summed E-state index contributed by atoms with van der Waals surface area (Å²) in [4.78, 5) is 0. The van der Waals surface area contributed by atoms with Gasteiger partial charge in [-0.2, -0.15) is 0 Å². The number of hydrogen-bond donors (Lipinski definition) is 1. The number of ether oxygens (including phenoxy) is 1. The van der Waals surface area contributed by atoms with E-state index in [0.717, 1.165) is 18.3 Å². The first-order chi connectivity index (χ1) is 7.45. The van der Waals surface area contributed by atoms with E-state index < -0.39 is 0 Å². The van der Waals surface area contributed by atoms with E-state index in [1.54, 1.807) is 0 Å². The van der Waals surface area contributed by atoms with Crippen LogP contribution in [0.5, 0.6) is 5.75 Å². The van der Waals surface area contributed by atoms with Crippen LogP contribution >= 0.6 is 0 Å². The lowest BCUT2D eigenvalue weighted by Crippen LogP contribution is -2.09. The van der Waals surface area contributed by atoms with Crippen LogP contribution in [0.4, 0.5) is 0 Å². The predicted octanol–water partition coefficient (Wildman–Crippen LogP) is 2.46. The van der Waals surface area contributed by atoms with Gasteiger partial charge in [-0.05, 0) is 50.4 Å². The zero-order chi connectivity index (χ0) is 10.3. The summed E-state index contributed by atoms with van der Waals surface area (Å²) in [6.45, 7) is 3.25. The molecule has 0 unspecified atom stereocenters. The molecule has 1 aliphatic heterocycles. The van der Waals surface area contributed by atoms with Crippen molar-refractivity contribution in [3.63, 3.8) is 0 Å². The molecule has 1 aromatic carbocycles. The van der Waals surface area contributed by atoms with Gasteiger partial charge < -0.3 is 10.1 Å². The van der Waals surface area contributed by atoms with Gasteiger partial charge in [0.05, 0.1) is 6.61 Å². The highest BCUT2D eigenvalue weighted by atomic mass is 16.5. The highest BCUT2D eigenvalue weighted by Crippen LogP contribution is 2.15. The summed E-state index contributed by atoms with van der Waals surface area (Å²) in [7, 11) is 0. The van der Waals surface area contributed by atoms with Crippen LogP contribution in [-0.2, 0) is 0 Å². The molecular weight excluding hydrogens is 186 g/mol. The van der Waals surface area contributed by atoms with Crippen molar-refractivity contribution < 1.29 is 4.74 Å². The maximum absolute atomic E-state index is 5.65. The quantitative estimate of drug-likeness (QED) is 0.746. The van der Waals surface area contributed by atoms with Crippen LogP contribution in [0.2, 0.25) is 0 Å². The molecule has 0 aromatic heterocycles. The zero-order valence-corrected chi connectivity index (χ0v) is 9.11. The van der Waals surface area contributed by atoms with Crippen LogP contribution in [0.15, 0.2) is 30.3 Å². The fraction of sp³-hybridized carbons (Fsp3) is 0.538. The third kappa shape index (κ3) is 3.56.